The van der Waals surface area contributed by atoms with E-state index in [1.807, 2.05) is 7.05 Å². The van der Waals surface area contributed by atoms with Crippen LogP contribution in [0.4, 0.5) is 0 Å². The molecular formula is C24H39N5O. The van der Waals surface area contributed by atoms with Crippen molar-refractivity contribution in [2.45, 2.75) is 63.5 Å². The van der Waals surface area contributed by atoms with Crippen LogP contribution in [0.1, 0.15) is 63.5 Å². The number of guanidine groups is 1. The molecule has 6 heteroatoms. The van der Waals surface area contributed by atoms with Crippen LogP contribution in [-0.4, -0.2) is 56.0 Å². The van der Waals surface area contributed by atoms with Crippen molar-refractivity contribution in [1.82, 2.24) is 20.9 Å². The zero-order valence-corrected chi connectivity index (χ0v) is 18.9. The molecule has 3 N–H and O–H groups in total. The Morgan fingerprint density at radius 2 is 1.87 bits per heavy atom. The lowest BCUT2D eigenvalue weighted by Gasteiger charge is -2.38. The predicted molar refractivity (Wildman–Crippen MR) is 124 cm³/mol. The standard InChI is InChI=1S/C24H39N5O/c1-19(21-9-5-4-6-10-21)28-24(13-7-8-14-24)18-27-23(26-3)29-15-11-20(12-16-29)17-22(30)25-2/h4-6,9-10,19-20,28H,7-8,11-18H2,1-3H3,(H,25,30)(H,26,27). The lowest BCUT2D eigenvalue weighted by molar-refractivity contribution is -0.121. The number of piperidine rings is 1. The first-order valence-corrected chi connectivity index (χ1v) is 11.5. The lowest BCUT2D eigenvalue weighted by Crippen LogP contribution is -2.55. The molecule has 1 aromatic rings. The van der Waals surface area contributed by atoms with Crippen LogP contribution in [0.15, 0.2) is 35.3 Å². The first kappa shape index (κ1) is 22.6. The summed E-state index contributed by atoms with van der Waals surface area (Å²) in [6.45, 7) is 5.08. The molecular weight excluding hydrogens is 374 g/mol. The topological polar surface area (TPSA) is 68.8 Å². The minimum absolute atomic E-state index is 0.114. The fraction of sp³-hybridized carbons (Fsp3) is 0.667. The van der Waals surface area contributed by atoms with E-state index < -0.39 is 0 Å². The second-order valence-corrected chi connectivity index (χ2v) is 8.97. The summed E-state index contributed by atoms with van der Waals surface area (Å²) < 4.78 is 0. The number of rotatable bonds is 7. The highest BCUT2D eigenvalue weighted by atomic mass is 16.1. The van der Waals surface area contributed by atoms with Gasteiger partial charge in [-0.3, -0.25) is 9.79 Å². The fourth-order valence-corrected chi connectivity index (χ4v) is 5.00. The number of carbonyl (C=O) groups is 1. The Kier molecular flexibility index (Phi) is 8.14. The molecule has 1 unspecified atom stereocenters. The quantitative estimate of drug-likeness (QED) is 0.475. The second kappa shape index (κ2) is 10.8. The van der Waals surface area contributed by atoms with E-state index in [0.717, 1.165) is 38.4 Å². The van der Waals surface area contributed by atoms with Crippen LogP contribution in [0, 0.1) is 5.92 Å². The van der Waals surface area contributed by atoms with Gasteiger partial charge >= 0.3 is 0 Å². The Morgan fingerprint density at radius 1 is 1.20 bits per heavy atom. The van der Waals surface area contributed by atoms with Gasteiger partial charge in [-0.25, -0.2) is 0 Å². The summed E-state index contributed by atoms with van der Waals surface area (Å²) in [6, 6.07) is 11.0. The highest BCUT2D eigenvalue weighted by Gasteiger charge is 2.35. The van der Waals surface area contributed by atoms with E-state index in [2.05, 4.69) is 63.1 Å². The molecule has 3 rings (SSSR count). The third-order valence-corrected chi connectivity index (χ3v) is 6.85. The van der Waals surface area contributed by atoms with Gasteiger partial charge in [-0.2, -0.15) is 0 Å². The number of nitrogens with zero attached hydrogens (tertiary/aromatic N) is 2. The monoisotopic (exact) mass is 413 g/mol. The van der Waals surface area contributed by atoms with Crippen LogP contribution in [0.3, 0.4) is 0 Å². The predicted octanol–water partition coefficient (Wildman–Crippen LogP) is 3.07. The summed E-state index contributed by atoms with van der Waals surface area (Å²) in [4.78, 5) is 18.6. The van der Waals surface area contributed by atoms with E-state index >= 15 is 0 Å². The molecule has 1 aliphatic carbocycles. The maximum atomic E-state index is 11.7. The van der Waals surface area contributed by atoms with Crippen molar-refractivity contribution in [2.75, 3.05) is 33.7 Å². The highest BCUT2D eigenvalue weighted by molar-refractivity contribution is 5.80. The number of carbonyl (C=O) groups excluding carboxylic acids is 1. The van der Waals surface area contributed by atoms with Gasteiger partial charge in [-0.05, 0) is 44.1 Å². The number of aliphatic imine (C=N–C) groups is 1. The number of amides is 1. The highest BCUT2D eigenvalue weighted by Crippen LogP contribution is 2.32. The zero-order valence-electron chi connectivity index (χ0n) is 18.9. The molecule has 1 aliphatic heterocycles. The summed E-state index contributed by atoms with van der Waals surface area (Å²) in [7, 11) is 3.59. The molecule has 0 aromatic heterocycles. The summed E-state index contributed by atoms with van der Waals surface area (Å²) in [5.41, 5.74) is 1.45. The van der Waals surface area contributed by atoms with Crippen molar-refractivity contribution >= 4 is 11.9 Å². The zero-order chi connectivity index (χ0) is 21.4. The van der Waals surface area contributed by atoms with Crippen molar-refractivity contribution in [3.8, 4) is 0 Å². The van der Waals surface area contributed by atoms with E-state index in [9.17, 15) is 4.79 Å². The number of hydrogen-bond donors (Lipinski definition) is 3. The maximum Gasteiger partial charge on any atom is 0.220 e. The van der Waals surface area contributed by atoms with Crippen LogP contribution >= 0.6 is 0 Å². The van der Waals surface area contributed by atoms with E-state index in [0.29, 0.717) is 18.4 Å². The largest absolute Gasteiger partial charge is 0.359 e. The SMILES string of the molecule is CN=C(NCC1(NC(C)c2ccccc2)CCCC1)N1CCC(CC(=O)NC)CC1. The Labute approximate surface area is 181 Å². The average molecular weight is 414 g/mol. The Hall–Kier alpha value is -2.08. The van der Waals surface area contributed by atoms with Gasteiger partial charge in [0.15, 0.2) is 5.96 Å². The smallest absolute Gasteiger partial charge is 0.220 e. The summed E-state index contributed by atoms with van der Waals surface area (Å²) in [6.07, 6.45) is 7.68. The molecule has 6 nitrogen and oxygen atoms in total. The van der Waals surface area contributed by atoms with Crippen molar-refractivity contribution in [3.05, 3.63) is 35.9 Å². The number of benzene rings is 1. The van der Waals surface area contributed by atoms with Crippen LogP contribution < -0.4 is 16.0 Å². The lowest BCUT2D eigenvalue weighted by atomic mass is 9.93. The van der Waals surface area contributed by atoms with Crippen LogP contribution in [0.25, 0.3) is 0 Å². The van der Waals surface area contributed by atoms with Gasteiger partial charge in [0.05, 0.1) is 0 Å². The molecule has 1 saturated heterocycles. The van der Waals surface area contributed by atoms with Crippen LogP contribution in [-0.2, 0) is 4.79 Å². The van der Waals surface area contributed by atoms with Gasteiger partial charge in [0.1, 0.15) is 0 Å². The Balaban J connectivity index is 1.54. The number of likely N-dealkylation sites (tertiary alicyclic amines) is 1. The van der Waals surface area contributed by atoms with E-state index in [1.165, 1.54) is 31.2 Å². The van der Waals surface area contributed by atoms with Gasteiger partial charge in [0, 0.05) is 51.7 Å². The minimum atomic E-state index is 0.114. The van der Waals surface area contributed by atoms with Crippen LogP contribution in [0.2, 0.25) is 0 Å². The molecule has 2 aliphatic rings. The molecule has 0 spiro atoms. The molecule has 1 aromatic carbocycles. The molecule has 2 fully saturated rings. The summed E-state index contributed by atoms with van der Waals surface area (Å²) >= 11 is 0. The van der Waals surface area contributed by atoms with Crippen molar-refractivity contribution < 1.29 is 4.79 Å². The van der Waals surface area contributed by atoms with Gasteiger partial charge < -0.3 is 20.9 Å². The Bertz CT molecular complexity index is 691. The summed E-state index contributed by atoms with van der Waals surface area (Å²) in [5.74, 6) is 1.63. The van der Waals surface area contributed by atoms with Crippen LogP contribution in [0.5, 0.6) is 0 Å². The fourth-order valence-electron chi connectivity index (χ4n) is 5.00. The van der Waals surface area contributed by atoms with E-state index in [1.54, 1.807) is 7.05 Å². The third kappa shape index (κ3) is 5.97. The van der Waals surface area contributed by atoms with Crippen molar-refractivity contribution in [1.29, 1.82) is 0 Å². The number of hydrogen-bond acceptors (Lipinski definition) is 3. The van der Waals surface area contributed by atoms with Gasteiger partial charge in [0.2, 0.25) is 5.91 Å². The van der Waals surface area contributed by atoms with E-state index in [4.69, 9.17) is 0 Å². The average Bonchev–Trinajstić information content (AvgIpc) is 3.24. The molecule has 1 amide bonds. The van der Waals surface area contributed by atoms with E-state index in [-0.39, 0.29) is 11.4 Å². The third-order valence-electron chi connectivity index (χ3n) is 6.85. The molecule has 1 saturated carbocycles. The molecule has 30 heavy (non-hydrogen) atoms. The van der Waals surface area contributed by atoms with Gasteiger partial charge in [0.25, 0.3) is 0 Å². The minimum Gasteiger partial charge on any atom is -0.359 e. The molecule has 0 radical (unpaired) electrons. The number of nitrogens with one attached hydrogen (secondary N) is 3. The van der Waals surface area contributed by atoms with Crippen molar-refractivity contribution in [2.24, 2.45) is 10.9 Å². The van der Waals surface area contributed by atoms with Gasteiger partial charge in [-0.1, -0.05) is 43.2 Å². The second-order valence-electron chi connectivity index (χ2n) is 8.97. The normalized spacial score (nSPS) is 20.8. The Morgan fingerprint density at radius 3 is 2.47 bits per heavy atom. The maximum absolute atomic E-state index is 11.7. The first-order chi connectivity index (χ1) is 14.5. The molecule has 0 bridgehead atoms. The molecule has 166 valence electrons. The van der Waals surface area contributed by atoms with Crippen molar-refractivity contribution in [3.63, 3.8) is 0 Å². The summed E-state index contributed by atoms with van der Waals surface area (Å²) in [5, 5.41) is 10.4. The first-order valence-electron chi connectivity index (χ1n) is 11.5. The van der Waals surface area contributed by atoms with Gasteiger partial charge in [-0.15, -0.1) is 0 Å². The molecule has 1 atom stereocenters. The molecule has 1 heterocycles.